The first-order valence-electron chi connectivity index (χ1n) is 6.97. The summed E-state index contributed by atoms with van der Waals surface area (Å²) >= 11 is 0. The van der Waals surface area contributed by atoms with Crippen molar-refractivity contribution in [2.45, 2.75) is 18.9 Å². The van der Waals surface area contributed by atoms with Crippen LogP contribution < -0.4 is 4.74 Å². The molecule has 2 heterocycles. The second kappa shape index (κ2) is 5.99. The van der Waals surface area contributed by atoms with Crippen LogP contribution in [0.5, 0.6) is 5.75 Å². The predicted molar refractivity (Wildman–Crippen MR) is 74.7 cm³/mol. The number of benzene rings is 1. The summed E-state index contributed by atoms with van der Waals surface area (Å²) in [7, 11) is 0. The molecule has 1 saturated heterocycles. The molecule has 1 aromatic carbocycles. The Hall–Kier alpha value is -2.30. The molecule has 1 aromatic heterocycles. The average molecular weight is 289 g/mol. The average Bonchev–Trinajstić information content (AvgIpc) is 3.04. The highest BCUT2D eigenvalue weighted by Gasteiger charge is 2.25. The molecule has 1 aliphatic rings. The van der Waals surface area contributed by atoms with Crippen LogP contribution in [0.25, 0.3) is 0 Å². The summed E-state index contributed by atoms with van der Waals surface area (Å²) in [6.45, 7) is 1.26. The van der Waals surface area contributed by atoms with Gasteiger partial charge in [-0.05, 0) is 36.4 Å². The van der Waals surface area contributed by atoms with E-state index in [2.05, 4.69) is 0 Å². The minimum atomic E-state index is -0.277. The van der Waals surface area contributed by atoms with Crippen molar-refractivity contribution in [2.75, 3.05) is 13.1 Å². The molecule has 0 atom stereocenters. The van der Waals surface area contributed by atoms with Gasteiger partial charge >= 0.3 is 0 Å². The van der Waals surface area contributed by atoms with Gasteiger partial charge in [-0.1, -0.05) is 0 Å². The zero-order valence-electron chi connectivity index (χ0n) is 11.5. The Balaban J connectivity index is 1.53. The Kier molecular flexibility index (Phi) is 3.90. The first-order chi connectivity index (χ1) is 10.2. The van der Waals surface area contributed by atoms with Gasteiger partial charge < -0.3 is 14.1 Å². The topological polar surface area (TPSA) is 42.7 Å². The van der Waals surface area contributed by atoms with Crippen molar-refractivity contribution in [3.63, 3.8) is 0 Å². The molecule has 5 heteroatoms. The number of halogens is 1. The van der Waals surface area contributed by atoms with E-state index >= 15 is 0 Å². The van der Waals surface area contributed by atoms with Crippen LogP contribution in [0.3, 0.4) is 0 Å². The van der Waals surface area contributed by atoms with E-state index in [0.717, 1.165) is 12.8 Å². The van der Waals surface area contributed by atoms with Crippen molar-refractivity contribution in [2.24, 2.45) is 0 Å². The van der Waals surface area contributed by atoms with Crippen molar-refractivity contribution in [3.8, 4) is 5.75 Å². The Bertz CT molecular complexity index is 586. The maximum Gasteiger partial charge on any atom is 0.289 e. The second-order valence-corrected chi connectivity index (χ2v) is 5.04. The Morgan fingerprint density at radius 2 is 1.90 bits per heavy atom. The van der Waals surface area contributed by atoms with Crippen LogP contribution in [0.2, 0.25) is 0 Å². The highest BCUT2D eigenvalue weighted by molar-refractivity contribution is 5.91. The molecule has 1 aliphatic heterocycles. The molecular formula is C16H16FNO3. The SMILES string of the molecule is O=C(c1ccco1)N1CCC(Oc2ccc(F)cc2)CC1. The molecule has 0 spiro atoms. The quantitative estimate of drug-likeness (QED) is 0.872. The molecule has 2 aromatic rings. The lowest BCUT2D eigenvalue weighted by Gasteiger charge is -2.31. The number of furan rings is 1. The standard InChI is InChI=1S/C16H16FNO3/c17-12-3-5-13(6-4-12)21-14-7-9-18(10-8-14)16(19)15-2-1-11-20-15/h1-6,11,14H,7-10H2. The summed E-state index contributed by atoms with van der Waals surface area (Å²) in [5.41, 5.74) is 0. The molecule has 0 radical (unpaired) electrons. The zero-order chi connectivity index (χ0) is 14.7. The number of carbonyl (C=O) groups is 1. The van der Waals surface area contributed by atoms with E-state index in [1.165, 1.54) is 18.4 Å². The van der Waals surface area contributed by atoms with Crippen molar-refractivity contribution in [1.29, 1.82) is 0 Å². The van der Waals surface area contributed by atoms with Gasteiger partial charge in [-0.2, -0.15) is 0 Å². The van der Waals surface area contributed by atoms with E-state index in [1.807, 2.05) is 0 Å². The summed E-state index contributed by atoms with van der Waals surface area (Å²) in [6, 6.07) is 9.38. The summed E-state index contributed by atoms with van der Waals surface area (Å²) in [5, 5.41) is 0. The van der Waals surface area contributed by atoms with E-state index in [4.69, 9.17) is 9.15 Å². The van der Waals surface area contributed by atoms with Gasteiger partial charge in [0.1, 0.15) is 17.7 Å². The van der Waals surface area contributed by atoms with Gasteiger partial charge in [0, 0.05) is 25.9 Å². The molecule has 0 bridgehead atoms. The molecule has 0 aliphatic carbocycles. The summed E-state index contributed by atoms with van der Waals surface area (Å²) in [5.74, 6) is 0.668. The zero-order valence-corrected chi connectivity index (χ0v) is 11.5. The van der Waals surface area contributed by atoms with E-state index < -0.39 is 0 Å². The fourth-order valence-corrected chi connectivity index (χ4v) is 2.44. The van der Waals surface area contributed by atoms with Gasteiger partial charge in [0.05, 0.1) is 6.26 Å². The van der Waals surface area contributed by atoms with Crippen molar-refractivity contribution >= 4 is 5.91 Å². The molecule has 0 unspecified atom stereocenters. The van der Waals surface area contributed by atoms with Crippen molar-refractivity contribution in [3.05, 3.63) is 54.2 Å². The number of amides is 1. The maximum absolute atomic E-state index is 12.8. The number of hydrogen-bond donors (Lipinski definition) is 0. The third-order valence-corrected chi connectivity index (χ3v) is 3.58. The Labute approximate surface area is 122 Å². The monoisotopic (exact) mass is 289 g/mol. The predicted octanol–water partition coefficient (Wildman–Crippen LogP) is 3.10. The maximum atomic E-state index is 12.8. The van der Waals surface area contributed by atoms with E-state index in [9.17, 15) is 9.18 Å². The van der Waals surface area contributed by atoms with Crippen molar-refractivity contribution < 1.29 is 18.3 Å². The van der Waals surface area contributed by atoms with Gasteiger partial charge in [-0.15, -0.1) is 0 Å². The Morgan fingerprint density at radius 1 is 1.19 bits per heavy atom. The van der Waals surface area contributed by atoms with E-state index in [1.54, 1.807) is 29.2 Å². The summed E-state index contributed by atoms with van der Waals surface area (Å²) in [6.07, 6.45) is 3.06. The lowest BCUT2D eigenvalue weighted by Crippen LogP contribution is -2.41. The van der Waals surface area contributed by atoms with E-state index in [0.29, 0.717) is 24.6 Å². The fraction of sp³-hybridized carbons (Fsp3) is 0.312. The molecule has 21 heavy (non-hydrogen) atoms. The summed E-state index contributed by atoms with van der Waals surface area (Å²) < 4.78 is 23.8. The molecule has 0 N–H and O–H groups in total. The number of carbonyl (C=O) groups excluding carboxylic acids is 1. The number of hydrogen-bond acceptors (Lipinski definition) is 3. The van der Waals surface area contributed by atoms with Crippen molar-refractivity contribution in [1.82, 2.24) is 4.90 Å². The van der Waals surface area contributed by atoms with Crippen LogP contribution in [0, 0.1) is 5.82 Å². The van der Waals surface area contributed by atoms with Crippen LogP contribution in [-0.4, -0.2) is 30.0 Å². The van der Waals surface area contributed by atoms with Crippen LogP contribution in [0.4, 0.5) is 4.39 Å². The first-order valence-corrected chi connectivity index (χ1v) is 6.97. The van der Waals surface area contributed by atoms with Gasteiger partial charge in [-0.3, -0.25) is 4.79 Å². The largest absolute Gasteiger partial charge is 0.490 e. The Morgan fingerprint density at radius 3 is 2.52 bits per heavy atom. The molecule has 110 valence electrons. The lowest BCUT2D eigenvalue weighted by atomic mass is 10.1. The van der Waals surface area contributed by atoms with Gasteiger partial charge in [0.2, 0.25) is 0 Å². The molecule has 4 nitrogen and oxygen atoms in total. The number of nitrogens with zero attached hydrogens (tertiary/aromatic N) is 1. The lowest BCUT2D eigenvalue weighted by molar-refractivity contribution is 0.0566. The fourth-order valence-electron chi connectivity index (χ4n) is 2.44. The van der Waals surface area contributed by atoms with Crippen LogP contribution in [0.15, 0.2) is 47.1 Å². The minimum absolute atomic E-state index is 0.0520. The normalized spacial score (nSPS) is 16.0. The van der Waals surface area contributed by atoms with Gasteiger partial charge in [0.15, 0.2) is 5.76 Å². The molecular weight excluding hydrogens is 273 g/mol. The van der Waals surface area contributed by atoms with Gasteiger partial charge in [-0.25, -0.2) is 4.39 Å². The molecule has 3 rings (SSSR count). The second-order valence-electron chi connectivity index (χ2n) is 5.04. The molecule has 1 amide bonds. The number of likely N-dealkylation sites (tertiary alicyclic amines) is 1. The summed E-state index contributed by atoms with van der Waals surface area (Å²) in [4.78, 5) is 13.9. The number of rotatable bonds is 3. The molecule has 1 fully saturated rings. The van der Waals surface area contributed by atoms with Gasteiger partial charge in [0.25, 0.3) is 5.91 Å². The third-order valence-electron chi connectivity index (χ3n) is 3.58. The van der Waals surface area contributed by atoms with Crippen LogP contribution in [0.1, 0.15) is 23.4 Å². The highest BCUT2D eigenvalue weighted by Crippen LogP contribution is 2.20. The first kappa shape index (κ1) is 13.7. The number of ether oxygens (including phenoxy) is 1. The minimum Gasteiger partial charge on any atom is -0.490 e. The highest BCUT2D eigenvalue weighted by atomic mass is 19.1. The van der Waals surface area contributed by atoms with Crippen LogP contribution in [-0.2, 0) is 0 Å². The smallest absolute Gasteiger partial charge is 0.289 e. The van der Waals surface area contributed by atoms with Crippen LogP contribution >= 0.6 is 0 Å². The molecule has 0 saturated carbocycles. The third kappa shape index (κ3) is 3.24. The number of piperidine rings is 1. The van der Waals surface area contributed by atoms with E-state index in [-0.39, 0.29) is 17.8 Å².